The molecule has 0 saturated heterocycles. The van der Waals surface area contributed by atoms with Crippen LogP contribution in [-0.2, 0) is 10.8 Å². The van der Waals surface area contributed by atoms with Crippen molar-refractivity contribution >= 4 is 16.5 Å². The first kappa shape index (κ1) is 14.1. The summed E-state index contributed by atoms with van der Waals surface area (Å²) >= 11 is 0. The summed E-state index contributed by atoms with van der Waals surface area (Å²) in [6, 6.07) is 6.44. The van der Waals surface area contributed by atoms with E-state index in [0.717, 1.165) is 25.7 Å². The van der Waals surface area contributed by atoms with Crippen molar-refractivity contribution < 1.29 is 9.13 Å². The quantitative estimate of drug-likeness (QED) is 0.662. The maximum absolute atomic E-state index is 12.2. The van der Waals surface area contributed by atoms with Crippen LogP contribution in [0.25, 0.3) is 0 Å². The van der Waals surface area contributed by atoms with Crippen LogP contribution in [0.15, 0.2) is 29.2 Å². The van der Waals surface area contributed by atoms with Crippen molar-refractivity contribution in [2.75, 3.05) is 5.75 Å². The second-order valence-electron chi connectivity index (χ2n) is 4.92. The van der Waals surface area contributed by atoms with E-state index in [0.29, 0.717) is 16.6 Å². The maximum Gasteiger partial charge on any atom is 0.285 e. The Morgan fingerprint density at radius 2 is 2.11 bits per heavy atom. The molecule has 1 aliphatic carbocycles. The second kappa shape index (κ2) is 6.25. The van der Waals surface area contributed by atoms with Gasteiger partial charge in [0.25, 0.3) is 5.69 Å². The van der Waals surface area contributed by atoms with Crippen molar-refractivity contribution in [1.29, 1.82) is 0 Å². The van der Waals surface area contributed by atoms with E-state index in [-0.39, 0.29) is 11.7 Å². The molecule has 0 spiro atoms. The molecule has 2 N–H and O–H groups in total. The van der Waals surface area contributed by atoms with Gasteiger partial charge in [-0.1, -0.05) is 18.6 Å². The standard InChI is InChI=1S/C13H18N2O3S/c14-11-5-3-4-10(11)8-9-19(18)13-7-2-1-6-12(13)15(16)17/h1-2,6-7,10-11H,3-5,8-9,14H2. The minimum Gasteiger partial charge on any atom is -0.327 e. The first-order valence-corrected chi connectivity index (χ1v) is 7.79. The van der Waals surface area contributed by atoms with E-state index in [1.807, 2.05) is 0 Å². The van der Waals surface area contributed by atoms with Crippen molar-refractivity contribution in [2.45, 2.75) is 36.6 Å². The summed E-state index contributed by atoms with van der Waals surface area (Å²) in [6.07, 6.45) is 4.02. The molecule has 0 amide bonds. The summed E-state index contributed by atoms with van der Waals surface area (Å²) < 4.78 is 12.2. The van der Waals surface area contributed by atoms with E-state index in [9.17, 15) is 14.3 Å². The molecule has 0 aliphatic heterocycles. The molecule has 1 aliphatic rings. The van der Waals surface area contributed by atoms with Crippen LogP contribution in [-0.4, -0.2) is 20.9 Å². The Balaban J connectivity index is 2.02. The Morgan fingerprint density at radius 1 is 1.37 bits per heavy atom. The SMILES string of the molecule is NC1CCCC1CCS(=O)c1ccccc1[N+](=O)[O-]. The van der Waals surface area contributed by atoms with Crippen LogP contribution in [0.4, 0.5) is 5.69 Å². The fraction of sp³-hybridized carbons (Fsp3) is 0.538. The van der Waals surface area contributed by atoms with E-state index in [2.05, 4.69) is 0 Å². The summed E-state index contributed by atoms with van der Waals surface area (Å²) in [5, 5.41) is 10.9. The summed E-state index contributed by atoms with van der Waals surface area (Å²) in [5.41, 5.74) is 5.92. The zero-order valence-corrected chi connectivity index (χ0v) is 11.5. The molecule has 1 fully saturated rings. The van der Waals surface area contributed by atoms with Gasteiger partial charge in [-0.05, 0) is 31.2 Å². The molecule has 5 nitrogen and oxygen atoms in total. The van der Waals surface area contributed by atoms with Crippen LogP contribution in [0, 0.1) is 16.0 Å². The van der Waals surface area contributed by atoms with Crippen LogP contribution >= 0.6 is 0 Å². The average Bonchev–Trinajstić information content (AvgIpc) is 2.81. The Kier molecular flexibility index (Phi) is 4.66. The molecule has 19 heavy (non-hydrogen) atoms. The first-order valence-electron chi connectivity index (χ1n) is 6.47. The number of nitro groups is 1. The monoisotopic (exact) mass is 282 g/mol. The molecule has 1 saturated carbocycles. The van der Waals surface area contributed by atoms with Gasteiger partial charge in [0.2, 0.25) is 0 Å². The van der Waals surface area contributed by atoms with Crippen LogP contribution in [0.1, 0.15) is 25.7 Å². The van der Waals surface area contributed by atoms with Gasteiger partial charge in [0.1, 0.15) is 4.90 Å². The highest BCUT2D eigenvalue weighted by Gasteiger charge is 2.25. The third kappa shape index (κ3) is 3.39. The minimum atomic E-state index is -1.32. The van der Waals surface area contributed by atoms with Crippen LogP contribution in [0.5, 0.6) is 0 Å². The Hall–Kier alpha value is -1.27. The largest absolute Gasteiger partial charge is 0.327 e. The van der Waals surface area contributed by atoms with Gasteiger partial charge < -0.3 is 5.73 Å². The molecule has 0 bridgehead atoms. The normalized spacial score (nSPS) is 24.3. The molecule has 1 aromatic rings. The van der Waals surface area contributed by atoms with Gasteiger partial charge in [-0.15, -0.1) is 0 Å². The molecular formula is C13H18N2O3S. The molecule has 3 atom stereocenters. The van der Waals surface area contributed by atoms with Crippen molar-refractivity contribution in [3.63, 3.8) is 0 Å². The van der Waals surface area contributed by atoms with Gasteiger partial charge in [-0.3, -0.25) is 14.3 Å². The number of rotatable bonds is 5. The Bertz CT molecular complexity index is 493. The molecule has 0 radical (unpaired) electrons. The lowest BCUT2D eigenvalue weighted by Gasteiger charge is -2.14. The van der Waals surface area contributed by atoms with Crippen molar-refractivity contribution in [3.8, 4) is 0 Å². The molecule has 2 rings (SSSR count). The lowest BCUT2D eigenvalue weighted by molar-refractivity contribution is -0.387. The van der Waals surface area contributed by atoms with Gasteiger partial charge in [0.05, 0.1) is 15.7 Å². The van der Waals surface area contributed by atoms with Crippen LogP contribution in [0.3, 0.4) is 0 Å². The third-order valence-corrected chi connectivity index (χ3v) is 5.14. The van der Waals surface area contributed by atoms with E-state index < -0.39 is 15.7 Å². The molecule has 3 unspecified atom stereocenters. The maximum atomic E-state index is 12.2. The van der Waals surface area contributed by atoms with Crippen molar-refractivity contribution in [3.05, 3.63) is 34.4 Å². The molecule has 1 aromatic carbocycles. The fourth-order valence-electron chi connectivity index (χ4n) is 2.59. The highest BCUT2D eigenvalue weighted by Crippen LogP contribution is 2.28. The van der Waals surface area contributed by atoms with Crippen molar-refractivity contribution in [2.24, 2.45) is 11.7 Å². The topological polar surface area (TPSA) is 86.2 Å². The molecule has 6 heteroatoms. The fourth-order valence-corrected chi connectivity index (χ4v) is 3.94. The molecule has 0 aromatic heterocycles. The number of benzene rings is 1. The zero-order valence-electron chi connectivity index (χ0n) is 10.7. The number of nitro benzene ring substituents is 1. The smallest absolute Gasteiger partial charge is 0.285 e. The molecular weight excluding hydrogens is 264 g/mol. The van der Waals surface area contributed by atoms with Gasteiger partial charge >= 0.3 is 0 Å². The molecule has 104 valence electrons. The highest BCUT2D eigenvalue weighted by atomic mass is 32.2. The number of nitrogens with two attached hydrogens (primary N) is 1. The molecule has 0 heterocycles. The van der Waals surface area contributed by atoms with Crippen LogP contribution < -0.4 is 5.73 Å². The highest BCUT2D eigenvalue weighted by molar-refractivity contribution is 7.85. The van der Waals surface area contributed by atoms with E-state index in [1.165, 1.54) is 6.07 Å². The number of hydrogen-bond acceptors (Lipinski definition) is 4. The Labute approximate surface area is 114 Å². The van der Waals surface area contributed by atoms with E-state index in [4.69, 9.17) is 5.73 Å². The Morgan fingerprint density at radius 3 is 2.74 bits per heavy atom. The third-order valence-electron chi connectivity index (χ3n) is 3.70. The summed E-state index contributed by atoms with van der Waals surface area (Å²) in [5.74, 6) is 0.857. The zero-order chi connectivity index (χ0) is 13.8. The second-order valence-corrected chi connectivity index (χ2v) is 6.46. The van der Waals surface area contributed by atoms with Gasteiger partial charge in [-0.25, -0.2) is 0 Å². The predicted molar refractivity (Wildman–Crippen MR) is 74.3 cm³/mol. The lowest BCUT2D eigenvalue weighted by Crippen LogP contribution is -2.25. The van der Waals surface area contributed by atoms with Gasteiger partial charge in [0.15, 0.2) is 0 Å². The van der Waals surface area contributed by atoms with Crippen LogP contribution in [0.2, 0.25) is 0 Å². The van der Waals surface area contributed by atoms with Crippen molar-refractivity contribution in [1.82, 2.24) is 0 Å². The number of hydrogen-bond donors (Lipinski definition) is 1. The first-order chi connectivity index (χ1) is 9.09. The van der Waals surface area contributed by atoms with Gasteiger partial charge in [-0.2, -0.15) is 0 Å². The summed E-state index contributed by atoms with van der Waals surface area (Å²) in [4.78, 5) is 10.7. The number of para-hydroxylation sites is 1. The average molecular weight is 282 g/mol. The lowest BCUT2D eigenvalue weighted by atomic mass is 10.0. The van der Waals surface area contributed by atoms with E-state index >= 15 is 0 Å². The van der Waals surface area contributed by atoms with Gasteiger partial charge in [0, 0.05) is 17.9 Å². The summed E-state index contributed by atoms with van der Waals surface area (Å²) in [7, 11) is -1.32. The summed E-state index contributed by atoms with van der Waals surface area (Å²) in [6.45, 7) is 0. The van der Waals surface area contributed by atoms with E-state index in [1.54, 1.807) is 18.2 Å². The number of nitrogens with zero attached hydrogens (tertiary/aromatic N) is 1. The minimum absolute atomic E-state index is 0.0587. The predicted octanol–water partition coefficient (Wildman–Crippen LogP) is 2.22.